The van der Waals surface area contributed by atoms with Crippen LogP contribution in [0, 0.1) is 0 Å². The summed E-state index contributed by atoms with van der Waals surface area (Å²) >= 11 is 0. The minimum absolute atomic E-state index is 0.276. The number of nitrogens with zero attached hydrogens (tertiary/aromatic N) is 2. The Labute approximate surface area is 214 Å². The maximum Gasteiger partial charge on any atom is 0.210 e. The molecule has 2 fully saturated rings. The van der Waals surface area contributed by atoms with Gasteiger partial charge in [0.25, 0.3) is 0 Å². The van der Waals surface area contributed by atoms with Crippen LogP contribution < -0.4 is 0 Å². The van der Waals surface area contributed by atoms with Crippen molar-refractivity contribution in [2.24, 2.45) is 9.98 Å². The first kappa shape index (κ1) is 23.3. The Morgan fingerprint density at radius 1 is 0.528 bits per heavy atom. The molecule has 0 unspecified atom stereocenters. The van der Waals surface area contributed by atoms with Gasteiger partial charge in [-0.1, -0.05) is 73.5 Å². The van der Waals surface area contributed by atoms with Crippen LogP contribution in [0.1, 0.15) is 75.3 Å². The first-order chi connectivity index (χ1) is 17.7. The smallest absolute Gasteiger partial charge is 0.210 e. The van der Waals surface area contributed by atoms with Crippen molar-refractivity contribution in [3.8, 4) is 0 Å². The first-order valence-corrected chi connectivity index (χ1v) is 13.7. The van der Waals surface area contributed by atoms with Crippen LogP contribution >= 0.6 is 0 Å². The van der Waals surface area contributed by atoms with Crippen molar-refractivity contribution >= 4 is 11.8 Å². The van der Waals surface area contributed by atoms with Crippen molar-refractivity contribution in [2.75, 3.05) is 0 Å². The van der Waals surface area contributed by atoms with E-state index in [4.69, 9.17) is 19.5 Å². The molecule has 0 amide bonds. The molecule has 186 valence electrons. The van der Waals surface area contributed by atoms with Crippen molar-refractivity contribution in [3.05, 3.63) is 95.1 Å². The van der Waals surface area contributed by atoms with E-state index in [0.29, 0.717) is 13.1 Å². The number of aliphatic imine (C=N–C) groups is 2. The summed E-state index contributed by atoms with van der Waals surface area (Å²) in [7, 11) is 0. The highest BCUT2D eigenvalue weighted by Crippen LogP contribution is 2.52. The molecule has 0 aromatic heterocycles. The van der Waals surface area contributed by atoms with Crippen LogP contribution in [0.2, 0.25) is 0 Å². The van der Waals surface area contributed by atoms with E-state index >= 15 is 0 Å². The topological polar surface area (TPSA) is 43.2 Å². The van der Waals surface area contributed by atoms with Crippen LogP contribution in [-0.4, -0.2) is 23.0 Å². The predicted molar refractivity (Wildman–Crippen MR) is 145 cm³/mol. The fraction of sp³-hybridized carbons (Fsp3) is 0.438. The van der Waals surface area contributed by atoms with Gasteiger partial charge in [-0.25, -0.2) is 9.98 Å². The number of ether oxygens (including phenoxy) is 2. The molecule has 2 heterocycles. The average Bonchev–Trinajstić information content (AvgIpc) is 3.45. The van der Waals surface area contributed by atoms with Crippen LogP contribution in [0.15, 0.2) is 93.9 Å². The first-order valence-electron chi connectivity index (χ1n) is 13.7. The molecule has 2 aromatic carbocycles. The van der Waals surface area contributed by atoms with E-state index in [9.17, 15) is 0 Å². The van der Waals surface area contributed by atoms with Crippen molar-refractivity contribution in [3.63, 3.8) is 0 Å². The van der Waals surface area contributed by atoms with Crippen LogP contribution in [-0.2, 0) is 22.6 Å². The van der Waals surface area contributed by atoms with E-state index in [1.165, 1.54) is 60.8 Å². The van der Waals surface area contributed by atoms with Gasteiger partial charge in [0.05, 0.1) is 13.1 Å². The van der Waals surface area contributed by atoms with Gasteiger partial charge >= 0.3 is 0 Å². The molecule has 4 heteroatoms. The minimum atomic E-state index is -0.276. The number of rotatable bonds is 5. The quantitative estimate of drug-likeness (QED) is 0.445. The molecule has 2 aromatic rings. The van der Waals surface area contributed by atoms with E-state index in [1.807, 2.05) is 12.1 Å². The molecule has 0 saturated heterocycles. The second kappa shape index (κ2) is 10.1. The molecular formula is C32H36N2O2. The van der Waals surface area contributed by atoms with E-state index < -0.39 is 0 Å². The fourth-order valence-electron chi connectivity index (χ4n) is 6.38. The highest BCUT2D eigenvalue weighted by atomic mass is 16.5. The largest absolute Gasteiger partial charge is 0.466 e. The SMILES string of the molecule is C1=C(C2=CC(=NCc3ccccc3)OC23CCCCC3)C2(CCCCC2)OC1=NCc1ccccc1. The second-order valence-corrected chi connectivity index (χ2v) is 10.7. The van der Waals surface area contributed by atoms with Gasteiger partial charge in [-0.05, 0) is 62.5 Å². The predicted octanol–water partition coefficient (Wildman–Crippen LogP) is 7.50. The van der Waals surface area contributed by atoms with Crippen LogP contribution in [0.25, 0.3) is 0 Å². The standard InChI is InChI=1S/C32H36N2O2/c1-5-13-25(14-6-1)23-33-29-21-27(31(35-29)17-9-3-10-18-31)28-22-30(34-24-26-15-7-2-8-16-26)36-32(28)19-11-4-12-20-32/h1-2,5-8,13-16,21-22H,3-4,9-12,17-20,23-24H2. The lowest BCUT2D eigenvalue weighted by Crippen LogP contribution is -2.41. The molecule has 0 atom stereocenters. The van der Waals surface area contributed by atoms with Gasteiger partial charge < -0.3 is 9.47 Å². The molecule has 2 aliphatic carbocycles. The third-order valence-corrected chi connectivity index (χ3v) is 8.25. The van der Waals surface area contributed by atoms with E-state index in [2.05, 4.69) is 60.7 Å². The number of benzene rings is 2. The lowest BCUT2D eigenvalue weighted by Gasteiger charge is -2.41. The Balaban J connectivity index is 1.36. The van der Waals surface area contributed by atoms with Crippen LogP contribution in [0.5, 0.6) is 0 Å². The van der Waals surface area contributed by atoms with Crippen molar-refractivity contribution < 1.29 is 9.47 Å². The summed E-state index contributed by atoms with van der Waals surface area (Å²) in [5.41, 5.74) is 4.47. The highest BCUT2D eigenvalue weighted by Gasteiger charge is 2.52. The molecule has 36 heavy (non-hydrogen) atoms. The molecule has 6 rings (SSSR count). The molecule has 2 saturated carbocycles. The number of hydrogen-bond acceptors (Lipinski definition) is 4. The Bertz CT molecular complexity index is 1090. The monoisotopic (exact) mass is 480 g/mol. The summed E-state index contributed by atoms with van der Waals surface area (Å²) < 4.78 is 13.5. The van der Waals surface area contributed by atoms with Gasteiger partial charge in [0, 0.05) is 23.3 Å². The molecule has 2 spiro atoms. The molecule has 2 aliphatic heterocycles. The zero-order chi connectivity index (χ0) is 24.3. The summed E-state index contributed by atoms with van der Waals surface area (Å²) in [4.78, 5) is 9.83. The van der Waals surface area contributed by atoms with Crippen molar-refractivity contribution in [2.45, 2.75) is 88.5 Å². The second-order valence-electron chi connectivity index (χ2n) is 10.7. The van der Waals surface area contributed by atoms with Crippen LogP contribution in [0.3, 0.4) is 0 Å². The maximum atomic E-state index is 6.76. The third-order valence-electron chi connectivity index (χ3n) is 8.25. The van der Waals surface area contributed by atoms with Gasteiger partial charge in [-0.2, -0.15) is 0 Å². The molecular weight excluding hydrogens is 444 g/mol. The fourth-order valence-corrected chi connectivity index (χ4v) is 6.38. The third kappa shape index (κ3) is 4.66. The molecule has 4 aliphatic rings. The molecule has 4 nitrogen and oxygen atoms in total. The lowest BCUT2D eigenvalue weighted by molar-refractivity contribution is 0.0434. The summed E-state index contributed by atoms with van der Waals surface area (Å²) in [5.74, 6) is 1.55. The van der Waals surface area contributed by atoms with Gasteiger partial charge in [0.2, 0.25) is 11.8 Å². The highest BCUT2D eigenvalue weighted by molar-refractivity contribution is 5.97. The normalized spacial score (nSPS) is 24.6. The zero-order valence-electron chi connectivity index (χ0n) is 21.1. The van der Waals surface area contributed by atoms with Crippen LogP contribution in [0.4, 0.5) is 0 Å². The summed E-state index contributed by atoms with van der Waals surface area (Å²) in [5, 5.41) is 0. The van der Waals surface area contributed by atoms with Gasteiger partial charge in [0.15, 0.2) is 0 Å². The Morgan fingerprint density at radius 3 is 1.31 bits per heavy atom. The van der Waals surface area contributed by atoms with E-state index in [1.54, 1.807) is 0 Å². The average molecular weight is 481 g/mol. The number of hydrogen-bond donors (Lipinski definition) is 0. The summed E-state index contributed by atoms with van der Waals surface area (Å²) in [6.45, 7) is 1.28. The summed E-state index contributed by atoms with van der Waals surface area (Å²) in [6.07, 6.45) is 16.0. The molecule has 0 bridgehead atoms. The summed E-state index contributed by atoms with van der Waals surface area (Å²) in [6, 6.07) is 20.9. The Morgan fingerprint density at radius 2 is 0.917 bits per heavy atom. The lowest BCUT2D eigenvalue weighted by atomic mass is 9.70. The maximum absolute atomic E-state index is 6.76. The Hall–Kier alpha value is -3.14. The Kier molecular flexibility index (Phi) is 6.52. The minimum Gasteiger partial charge on any atom is -0.466 e. The van der Waals surface area contributed by atoms with E-state index in [-0.39, 0.29) is 11.2 Å². The van der Waals surface area contributed by atoms with Crippen molar-refractivity contribution in [1.29, 1.82) is 0 Å². The van der Waals surface area contributed by atoms with Crippen molar-refractivity contribution in [1.82, 2.24) is 0 Å². The van der Waals surface area contributed by atoms with Gasteiger partial charge in [-0.3, -0.25) is 0 Å². The van der Waals surface area contributed by atoms with Gasteiger partial charge in [0.1, 0.15) is 11.2 Å². The molecule has 0 N–H and O–H groups in total. The molecule has 0 radical (unpaired) electrons. The van der Waals surface area contributed by atoms with E-state index in [0.717, 1.165) is 37.5 Å². The zero-order valence-corrected chi connectivity index (χ0v) is 21.1. The van der Waals surface area contributed by atoms with Gasteiger partial charge in [-0.15, -0.1) is 0 Å².